The molecule has 2 rings (SSSR count). The van der Waals surface area contributed by atoms with Gasteiger partial charge in [-0.15, -0.1) is 0 Å². The summed E-state index contributed by atoms with van der Waals surface area (Å²) in [4.78, 5) is 12.3. The second kappa shape index (κ2) is 5.21. The highest BCUT2D eigenvalue weighted by Gasteiger charge is 2.38. The summed E-state index contributed by atoms with van der Waals surface area (Å²) < 4.78 is 1.63. The SMILES string of the molecule is Cn1cc(NC(=O)C2(C#N)CCCCCC2)cn1. The van der Waals surface area contributed by atoms with Crippen LogP contribution in [-0.4, -0.2) is 15.7 Å². The van der Waals surface area contributed by atoms with Crippen LogP contribution in [-0.2, 0) is 11.8 Å². The first-order valence-corrected chi connectivity index (χ1v) is 6.38. The molecular formula is C13H18N4O. The molecule has 1 aromatic rings. The number of rotatable bonds is 2. The number of nitrogens with zero attached hydrogens (tertiary/aromatic N) is 3. The predicted octanol–water partition coefficient (Wildman–Crippen LogP) is 2.22. The molecule has 0 atom stereocenters. The molecular weight excluding hydrogens is 228 g/mol. The van der Waals surface area contributed by atoms with Gasteiger partial charge >= 0.3 is 0 Å². The van der Waals surface area contributed by atoms with Gasteiger partial charge in [-0.2, -0.15) is 10.4 Å². The number of aryl methyl sites for hydroxylation is 1. The minimum Gasteiger partial charge on any atom is -0.322 e. The summed E-state index contributed by atoms with van der Waals surface area (Å²) in [5.74, 6) is -0.181. The number of aromatic nitrogens is 2. The smallest absolute Gasteiger partial charge is 0.244 e. The van der Waals surface area contributed by atoms with E-state index in [1.54, 1.807) is 24.1 Å². The van der Waals surface area contributed by atoms with E-state index in [2.05, 4.69) is 16.5 Å². The number of anilines is 1. The first-order chi connectivity index (χ1) is 8.66. The van der Waals surface area contributed by atoms with Gasteiger partial charge in [0.05, 0.1) is 18.0 Å². The van der Waals surface area contributed by atoms with Crippen molar-refractivity contribution in [2.75, 3.05) is 5.32 Å². The van der Waals surface area contributed by atoms with Crippen molar-refractivity contribution in [3.63, 3.8) is 0 Å². The zero-order valence-electron chi connectivity index (χ0n) is 10.6. The molecule has 5 nitrogen and oxygen atoms in total. The van der Waals surface area contributed by atoms with Gasteiger partial charge in [0.1, 0.15) is 5.41 Å². The van der Waals surface area contributed by atoms with Crippen LogP contribution in [0.2, 0.25) is 0 Å². The van der Waals surface area contributed by atoms with Gasteiger partial charge < -0.3 is 5.32 Å². The molecule has 0 unspecified atom stereocenters. The Balaban J connectivity index is 2.12. The van der Waals surface area contributed by atoms with Crippen LogP contribution in [0.15, 0.2) is 12.4 Å². The first-order valence-electron chi connectivity index (χ1n) is 6.38. The number of carbonyl (C=O) groups excluding carboxylic acids is 1. The lowest BCUT2D eigenvalue weighted by atomic mass is 9.81. The van der Waals surface area contributed by atoms with Crippen molar-refractivity contribution in [2.24, 2.45) is 12.5 Å². The Kier molecular flexibility index (Phi) is 3.66. The molecule has 1 aliphatic carbocycles. The highest BCUT2D eigenvalue weighted by Crippen LogP contribution is 2.35. The molecule has 1 aliphatic rings. The van der Waals surface area contributed by atoms with E-state index in [0.29, 0.717) is 18.5 Å². The third-order valence-electron chi connectivity index (χ3n) is 3.57. The minimum atomic E-state index is -0.855. The third-order valence-corrected chi connectivity index (χ3v) is 3.57. The Morgan fingerprint density at radius 1 is 1.44 bits per heavy atom. The number of nitrogens with one attached hydrogen (secondary N) is 1. The maximum Gasteiger partial charge on any atom is 0.244 e. The first kappa shape index (κ1) is 12.6. The zero-order chi connectivity index (χ0) is 13.0. The van der Waals surface area contributed by atoms with Crippen molar-refractivity contribution in [1.29, 1.82) is 5.26 Å². The largest absolute Gasteiger partial charge is 0.322 e. The summed E-state index contributed by atoms with van der Waals surface area (Å²) in [5.41, 5.74) is -0.201. The van der Waals surface area contributed by atoms with E-state index in [0.717, 1.165) is 25.7 Å². The van der Waals surface area contributed by atoms with Crippen molar-refractivity contribution in [3.05, 3.63) is 12.4 Å². The average Bonchev–Trinajstić information content (AvgIpc) is 2.65. The molecule has 1 N–H and O–H groups in total. The minimum absolute atomic E-state index is 0.181. The molecule has 96 valence electrons. The van der Waals surface area contributed by atoms with Gasteiger partial charge in [0, 0.05) is 13.2 Å². The molecule has 1 heterocycles. The summed E-state index contributed by atoms with van der Waals surface area (Å²) in [6, 6.07) is 2.24. The molecule has 5 heteroatoms. The Bertz CT molecular complexity index is 464. The maximum absolute atomic E-state index is 12.3. The second-order valence-electron chi connectivity index (χ2n) is 4.96. The van der Waals surface area contributed by atoms with E-state index < -0.39 is 5.41 Å². The molecule has 0 bridgehead atoms. The number of hydrogen-bond acceptors (Lipinski definition) is 3. The molecule has 0 spiro atoms. The molecule has 1 fully saturated rings. The molecule has 1 amide bonds. The standard InChI is InChI=1S/C13H18N4O/c1-17-9-11(8-15-17)16-12(18)13(10-14)6-4-2-3-5-7-13/h8-9H,2-7H2,1H3,(H,16,18). The fourth-order valence-electron chi connectivity index (χ4n) is 2.46. The summed E-state index contributed by atoms with van der Waals surface area (Å²) in [7, 11) is 1.79. The van der Waals surface area contributed by atoms with E-state index in [-0.39, 0.29) is 5.91 Å². The van der Waals surface area contributed by atoms with Crippen LogP contribution in [0.3, 0.4) is 0 Å². The summed E-state index contributed by atoms with van der Waals surface area (Å²) in [6.45, 7) is 0. The lowest BCUT2D eigenvalue weighted by molar-refractivity contribution is -0.123. The van der Waals surface area contributed by atoms with Crippen LogP contribution >= 0.6 is 0 Å². The lowest BCUT2D eigenvalue weighted by Crippen LogP contribution is -2.34. The second-order valence-corrected chi connectivity index (χ2v) is 4.96. The molecule has 0 aliphatic heterocycles. The molecule has 1 saturated carbocycles. The van der Waals surface area contributed by atoms with E-state index >= 15 is 0 Å². The highest BCUT2D eigenvalue weighted by molar-refractivity contribution is 5.97. The van der Waals surface area contributed by atoms with Crippen molar-refractivity contribution >= 4 is 11.6 Å². The van der Waals surface area contributed by atoms with Gasteiger partial charge in [0.15, 0.2) is 0 Å². The van der Waals surface area contributed by atoms with Crippen LogP contribution in [0.25, 0.3) is 0 Å². The maximum atomic E-state index is 12.3. The number of carbonyl (C=O) groups is 1. The highest BCUT2D eigenvalue weighted by atomic mass is 16.2. The van der Waals surface area contributed by atoms with E-state index in [9.17, 15) is 10.1 Å². The topological polar surface area (TPSA) is 70.7 Å². The number of amides is 1. The van der Waals surface area contributed by atoms with Crippen LogP contribution in [0.1, 0.15) is 38.5 Å². The monoisotopic (exact) mass is 246 g/mol. The van der Waals surface area contributed by atoms with Gasteiger partial charge in [-0.1, -0.05) is 25.7 Å². The van der Waals surface area contributed by atoms with Crippen molar-refractivity contribution in [1.82, 2.24) is 9.78 Å². The van der Waals surface area contributed by atoms with E-state index in [1.807, 2.05) is 0 Å². The van der Waals surface area contributed by atoms with Gasteiger partial charge in [-0.25, -0.2) is 0 Å². The van der Waals surface area contributed by atoms with Crippen molar-refractivity contribution in [2.45, 2.75) is 38.5 Å². The Hall–Kier alpha value is -1.83. The van der Waals surface area contributed by atoms with Crippen LogP contribution in [0.5, 0.6) is 0 Å². The molecule has 0 saturated heterocycles. The third kappa shape index (κ3) is 2.53. The van der Waals surface area contributed by atoms with Crippen molar-refractivity contribution < 1.29 is 4.79 Å². The molecule has 18 heavy (non-hydrogen) atoms. The van der Waals surface area contributed by atoms with Gasteiger partial charge in [0.2, 0.25) is 5.91 Å². The van der Waals surface area contributed by atoms with E-state index in [1.165, 1.54) is 0 Å². The normalized spacial score (nSPS) is 18.7. The molecule has 0 radical (unpaired) electrons. The predicted molar refractivity (Wildman–Crippen MR) is 67.6 cm³/mol. The van der Waals surface area contributed by atoms with Crippen LogP contribution in [0, 0.1) is 16.7 Å². The Morgan fingerprint density at radius 3 is 2.61 bits per heavy atom. The summed E-state index contributed by atoms with van der Waals surface area (Å²) in [6.07, 6.45) is 8.79. The fraction of sp³-hybridized carbons (Fsp3) is 0.615. The van der Waals surface area contributed by atoms with Crippen LogP contribution < -0.4 is 5.32 Å². The summed E-state index contributed by atoms with van der Waals surface area (Å²) in [5, 5.41) is 16.2. The Labute approximate surface area is 107 Å². The van der Waals surface area contributed by atoms with Crippen molar-refractivity contribution in [3.8, 4) is 6.07 Å². The van der Waals surface area contributed by atoms with Crippen LogP contribution in [0.4, 0.5) is 5.69 Å². The quantitative estimate of drug-likeness (QED) is 0.813. The fourth-order valence-corrected chi connectivity index (χ4v) is 2.46. The molecule has 1 aromatic heterocycles. The molecule has 0 aromatic carbocycles. The number of nitriles is 1. The number of hydrogen-bond donors (Lipinski definition) is 1. The lowest BCUT2D eigenvalue weighted by Gasteiger charge is -2.23. The van der Waals surface area contributed by atoms with Gasteiger partial charge in [-0.3, -0.25) is 9.48 Å². The summed E-state index contributed by atoms with van der Waals surface area (Å²) >= 11 is 0. The van der Waals surface area contributed by atoms with Gasteiger partial charge in [0.25, 0.3) is 0 Å². The Morgan fingerprint density at radius 2 is 2.11 bits per heavy atom. The van der Waals surface area contributed by atoms with Gasteiger partial charge in [-0.05, 0) is 12.8 Å². The average molecular weight is 246 g/mol. The zero-order valence-corrected chi connectivity index (χ0v) is 10.6. The van der Waals surface area contributed by atoms with E-state index in [4.69, 9.17) is 0 Å².